The first-order chi connectivity index (χ1) is 7.47. The van der Waals surface area contributed by atoms with Gasteiger partial charge in [-0.3, -0.25) is 0 Å². The standard InChI is InChI=1S/C15H19F/c1-10(2)13-6-5-11(3)14(9-13)15(7-8-15)12(4)16/h5-6,9,12,14H,1,3,7-8H2,2,4H3. The van der Waals surface area contributed by atoms with Crippen LogP contribution in [-0.4, -0.2) is 6.17 Å². The summed E-state index contributed by atoms with van der Waals surface area (Å²) in [7, 11) is 0. The molecule has 0 spiro atoms. The summed E-state index contributed by atoms with van der Waals surface area (Å²) in [6.07, 6.45) is 7.37. The van der Waals surface area contributed by atoms with E-state index in [4.69, 9.17) is 0 Å². The van der Waals surface area contributed by atoms with Crippen LogP contribution in [0.2, 0.25) is 0 Å². The van der Waals surface area contributed by atoms with Gasteiger partial charge in [0.15, 0.2) is 0 Å². The normalized spacial score (nSPS) is 28.6. The molecule has 0 N–H and O–H groups in total. The number of hydrogen-bond acceptors (Lipinski definition) is 0. The number of halogens is 1. The Bertz CT molecular complexity index is 392. The molecule has 0 aromatic rings. The van der Waals surface area contributed by atoms with Crippen LogP contribution in [0.15, 0.2) is 48.1 Å². The summed E-state index contributed by atoms with van der Waals surface area (Å²) < 4.78 is 13.7. The average Bonchev–Trinajstić information content (AvgIpc) is 2.98. The number of rotatable bonds is 3. The lowest BCUT2D eigenvalue weighted by molar-refractivity contribution is 0.196. The van der Waals surface area contributed by atoms with Crippen molar-refractivity contribution in [1.29, 1.82) is 0 Å². The monoisotopic (exact) mass is 218 g/mol. The third kappa shape index (κ3) is 1.68. The lowest BCUT2D eigenvalue weighted by Gasteiger charge is -2.29. The van der Waals surface area contributed by atoms with Crippen LogP contribution >= 0.6 is 0 Å². The number of allylic oxidation sites excluding steroid dienone is 6. The highest BCUT2D eigenvalue weighted by atomic mass is 19.1. The fourth-order valence-electron chi connectivity index (χ4n) is 2.56. The van der Waals surface area contributed by atoms with Gasteiger partial charge in [0.25, 0.3) is 0 Å². The molecule has 16 heavy (non-hydrogen) atoms. The first kappa shape index (κ1) is 11.4. The Labute approximate surface area is 97.2 Å². The summed E-state index contributed by atoms with van der Waals surface area (Å²) in [6, 6.07) is 0. The van der Waals surface area contributed by atoms with Crippen molar-refractivity contribution in [2.24, 2.45) is 11.3 Å². The molecular weight excluding hydrogens is 199 g/mol. The first-order valence-corrected chi connectivity index (χ1v) is 5.86. The van der Waals surface area contributed by atoms with Gasteiger partial charge in [0, 0.05) is 11.3 Å². The van der Waals surface area contributed by atoms with E-state index in [9.17, 15) is 4.39 Å². The summed E-state index contributed by atoms with van der Waals surface area (Å²) in [5, 5.41) is 0. The van der Waals surface area contributed by atoms with E-state index >= 15 is 0 Å². The largest absolute Gasteiger partial charge is 0.247 e. The van der Waals surface area contributed by atoms with E-state index in [1.54, 1.807) is 6.92 Å². The zero-order chi connectivity index (χ0) is 11.9. The second kappa shape index (κ2) is 3.73. The number of hydrogen-bond donors (Lipinski definition) is 0. The van der Waals surface area contributed by atoms with Gasteiger partial charge in [-0.1, -0.05) is 37.0 Å². The van der Waals surface area contributed by atoms with Gasteiger partial charge in [-0.15, -0.1) is 0 Å². The molecule has 1 heteroatoms. The minimum Gasteiger partial charge on any atom is -0.247 e. The molecule has 1 fully saturated rings. The molecule has 0 amide bonds. The van der Waals surface area contributed by atoms with Crippen molar-refractivity contribution in [2.75, 3.05) is 0 Å². The Kier molecular flexibility index (Phi) is 2.65. The minimum absolute atomic E-state index is 0.157. The van der Waals surface area contributed by atoms with Crippen molar-refractivity contribution in [3.8, 4) is 0 Å². The highest BCUT2D eigenvalue weighted by Crippen LogP contribution is 2.59. The Morgan fingerprint density at radius 2 is 2.12 bits per heavy atom. The van der Waals surface area contributed by atoms with Crippen LogP contribution in [0.5, 0.6) is 0 Å². The summed E-state index contributed by atoms with van der Waals surface area (Å²) in [4.78, 5) is 0. The molecule has 0 aromatic carbocycles. The molecule has 0 radical (unpaired) electrons. The van der Waals surface area contributed by atoms with Crippen molar-refractivity contribution in [2.45, 2.75) is 32.9 Å². The van der Waals surface area contributed by atoms with Crippen LogP contribution in [0.4, 0.5) is 4.39 Å². The Hall–Kier alpha value is -1.11. The zero-order valence-electron chi connectivity index (χ0n) is 10.1. The van der Waals surface area contributed by atoms with E-state index in [0.29, 0.717) is 0 Å². The fourth-order valence-corrected chi connectivity index (χ4v) is 2.56. The van der Waals surface area contributed by atoms with Crippen molar-refractivity contribution in [3.63, 3.8) is 0 Å². The van der Waals surface area contributed by atoms with Gasteiger partial charge in [0.2, 0.25) is 0 Å². The lowest BCUT2D eigenvalue weighted by Crippen LogP contribution is -2.25. The second-order valence-corrected chi connectivity index (χ2v) is 5.14. The van der Waals surface area contributed by atoms with Crippen LogP contribution in [0.3, 0.4) is 0 Å². The quantitative estimate of drug-likeness (QED) is 0.660. The predicted octanol–water partition coefficient (Wildman–Crippen LogP) is 4.37. The summed E-state index contributed by atoms with van der Waals surface area (Å²) >= 11 is 0. The maximum Gasteiger partial charge on any atom is 0.104 e. The third-order valence-electron chi connectivity index (χ3n) is 3.95. The molecule has 2 aliphatic rings. The molecule has 0 heterocycles. The van der Waals surface area contributed by atoms with Crippen LogP contribution in [0.1, 0.15) is 26.7 Å². The number of alkyl halides is 1. The van der Waals surface area contributed by atoms with Gasteiger partial charge in [0.05, 0.1) is 0 Å². The highest BCUT2D eigenvalue weighted by Gasteiger charge is 2.53. The molecule has 0 bridgehead atoms. The molecule has 0 nitrogen and oxygen atoms in total. The maximum atomic E-state index is 13.7. The first-order valence-electron chi connectivity index (χ1n) is 5.86. The van der Waals surface area contributed by atoms with Crippen LogP contribution in [0, 0.1) is 11.3 Å². The van der Waals surface area contributed by atoms with Crippen LogP contribution < -0.4 is 0 Å². The van der Waals surface area contributed by atoms with E-state index in [1.165, 1.54) is 0 Å². The smallest absolute Gasteiger partial charge is 0.104 e. The molecule has 2 unspecified atom stereocenters. The van der Waals surface area contributed by atoms with Crippen molar-refractivity contribution in [3.05, 3.63) is 48.1 Å². The van der Waals surface area contributed by atoms with Crippen LogP contribution in [-0.2, 0) is 0 Å². The van der Waals surface area contributed by atoms with Crippen molar-refractivity contribution < 1.29 is 4.39 Å². The summed E-state index contributed by atoms with van der Waals surface area (Å²) in [6.45, 7) is 11.7. The molecule has 2 atom stereocenters. The Morgan fingerprint density at radius 1 is 1.50 bits per heavy atom. The van der Waals surface area contributed by atoms with E-state index in [-0.39, 0.29) is 11.3 Å². The SMILES string of the molecule is C=C(C)C1=CC(C2(C(C)F)CC2)C(=C)C=C1. The molecule has 2 aliphatic carbocycles. The predicted molar refractivity (Wildman–Crippen MR) is 66.9 cm³/mol. The molecular formula is C15H19F. The van der Waals surface area contributed by atoms with E-state index in [2.05, 4.69) is 19.2 Å². The fraction of sp³-hybridized carbons (Fsp3) is 0.467. The van der Waals surface area contributed by atoms with Gasteiger partial charge in [-0.05, 0) is 37.8 Å². The highest BCUT2D eigenvalue weighted by molar-refractivity contribution is 5.47. The van der Waals surface area contributed by atoms with Gasteiger partial charge >= 0.3 is 0 Å². The molecule has 0 aromatic heterocycles. The third-order valence-corrected chi connectivity index (χ3v) is 3.95. The van der Waals surface area contributed by atoms with Crippen LogP contribution in [0.25, 0.3) is 0 Å². The topological polar surface area (TPSA) is 0 Å². The average molecular weight is 218 g/mol. The Balaban J connectivity index is 2.31. The molecule has 2 rings (SSSR count). The second-order valence-electron chi connectivity index (χ2n) is 5.14. The lowest BCUT2D eigenvalue weighted by atomic mass is 9.76. The van der Waals surface area contributed by atoms with Gasteiger partial charge in [-0.2, -0.15) is 0 Å². The molecule has 1 saturated carbocycles. The molecule has 0 saturated heterocycles. The molecule has 0 aliphatic heterocycles. The maximum absolute atomic E-state index is 13.7. The van der Waals surface area contributed by atoms with E-state index in [0.717, 1.165) is 29.6 Å². The summed E-state index contributed by atoms with van der Waals surface area (Å²) in [5.74, 6) is 0.157. The Morgan fingerprint density at radius 3 is 2.56 bits per heavy atom. The summed E-state index contributed by atoms with van der Waals surface area (Å²) in [5.41, 5.74) is 3.02. The molecule has 86 valence electrons. The van der Waals surface area contributed by atoms with Crippen molar-refractivity contribution in [1.82, 2.24) is 0 Å². The zero-order valence-corrected chi connectivity index (χ0v) is 10.1. The van der Waals surface area contributed by atoms with Crippen molar-refractivity contribution >= 4 is 0 Å². The minimum atomic E-state index is -0.761. The van der Waals surface area contributed by atoms with E-state index in [1.807, 2.05) is 19.1 Å². The van der Waals surface area contributed by atoms with E-state index < -0.39 is 6.17 Å². The van der Waals surface area contributed by atoms with Gasteiger partial charge in [-0.25, -0.2) is 4.39 Å². The van der Waals surface area contributed by atoms with Gasteiger partial charge < -0.3 is 0 Å². The van der Waals surface area contributed by atoms with Gasteiger partial charge in [0.1, 0.15) is 6.17 Å².